The quantitative estimate of drug-likeness (QED) is 0.637. The van der Waals surface area contributed by atoms with Crippen LogP contribution in [-0.4, -0.2) is 27.0 Å². The molecule has 3 aromatic carbocycles. The first-order valence-electron chi connectivity index (χ1n) is 9.78. The van der Waals surface area contributed by atoms with Gasteiger partial charge in [-0.15, -0.1) is 0 Å². The molecule has 1 amide bonds. The highest BCUT2D eigenvalue weighted by molar-refractivity contribution is 7.92. The number of sulfonamides is 1. The van der Waals surface area contributed by atoms with E-state index in [2.05, 4.69) is 5.32 Å². The Morgan fingerprint density at radius 2 is 1.62 bits per heavy atom. The van der Waals surface area contributed by atoms with E-state index in [4.69, 9.17) is 4.74 Å². The van der Waals surface area contributed by atoms with E-state index in [1.54, 1.807) is 37.3 Å². The Labute approximate surface area is 184 Å². The highest BCUT2D eigenvalue weighted by atomic mass is 32.2. The number of nitrogens with one attached hydrogen (secondary N) is 1. The zero-order valence-electron chi connectivity index (χ0n) is 17.3. The lowest BCUT2D eigenvalue weighted by Crippen LogP contribution is -2.49. The molecule has 6 nitrogen and oxygen atoms in total. The molecule has 0 fully saturated rings. The molecule has 0 bridgehead atoms. The van der Waals surface area contributed by atoms with Crippen molar-refractivity contribution < 1.29 is 26.7 Å². The highest BCUT2D eigenvalue weighted by Crippen LogP contribution is 2.38. The molecule has 1 heterocycles. The fourth-order valence-electron chi connectivity index (χ4n) is 3.38. The van der Waals surface area contributed by atoms with Gasteiger partial charge in [0, 0.05) is 0 Å². The zero-order valence-corrected chi connectivity index (χ0v) is 18.1. The van der Waals surface area contributed by atoms with Gasteiger partial charge in [0.15, 0.2) is 6.10 Å². The van der Waals surface area contributed by atoms with Gasteiger partial charge < -0.3 is 10.1 Å². The normalized spacial score (nSPS) is 15.6. The minimum atomic E-state index is -4.04. The number of para-hydroxylation sites is 1. The third-order valence-corrected chi connectivity index (χ3v) is 6.89. The Hall–Kier alpha value is -3.46. The summed E-state index contributed by atoms with van der Waals surface area (Å²) in [5.41, 5.74) is 1.36. The fourth-order valence-corrected chi connectivity index (χ4v) is 4.85. The second-order valence-corrected chi connectivity index (χ2v) is 9.38. The van der Waals surface area contributed by atoms with Crippen LogP contribution in [0.3, 0.4) is 0 Å². The summed E-state index contributed by atoms with van der Waals surface area (Å²) < 4.78 is 61.6. The van der Waals surface area contributed by atoms with Crippen molar-refractivity contribution in [2.75, 3.05) is 16.2 Å². The molecule has 0 spiro atoms. The van der Waals surface area contributed by atoms with Crippen molar-refractivity contribution in [1.82, 2.24) is 0 Å². The van der Waals surface area contributed by atoms with Crippen molar-refractivity contribution in [2.45, 2.75) is 24.8 Å². The number of hydrogen-bond acceptors (Lipinski definition) is 4. The Kier molecular flexibility index (Phi) is 5.60. The lowest BCUT2D eigenvalue weighted by atomic mass is 10.1. The summed E-state index contributed by atoms with van der Waals surface area (Å²) in [6.07, 6.45) is -1.33. The SMILES string of the molecule is Cc1ccc(S(=O)(=O)N2C[C@H](C(=O)Nc3c(F)cccc3F)Oc3ccc(C)cc32)cc1. The number of fused-ring (bicyclic) bond motifs is 1. The lowest BCUT2D eigenvalue weighted by Gasteiger charge is -2.35. The number of hydrogen-bond donors (Lipinski definition) is 1. The molecule has 166 valence electrons. The van der Waals surface area contributed by atoms with Gasteiger partial charge in [-0.05, 0) is 55.8 Å². The monoisotopic (exact) mass is 458 g/mol. The van der Waals surface area contributed by atoms with Gasteiger partial charge in [-0.1, -0.05) is 29.8 Å². The summed E-state index contributed by atoms with van der Waals surface area (Å²) in [5, 5.41) is 2.17. The molecule has 0 aliphatic carbocycles. The maximum absolute atomic E-state index is 14.0. The smallest absolute Gasteiger partial charge is 0.267 e. The fraction of sp³-hybridized carbons (Fsp3) is 0.174. The first-order chi connectivity index (χ1) is 15.2. The predicted molar refractivity (Wildman–Crippen MR) is 116 cm³/mol. The van der Waals surface area contributed by atoms with Crippen LogP contribution in [0.5, 0.6) is 5.75 Å². The number of rotatable bonds is 4. The van der Waals surface area contributed by atoms with Crippen LogP contribution in [0.2, 0.25) is 0 Å². The van der Waals surface area contributed by atoms with Crippen LogP contribution in [0.15, 0.2) is 65.6 Å². The lowest BCUT2D eigenvalue weighted by molar-refractivity contribution is -0.122. The average Bonchev–Trinajstić information content (AvgIpc) is 2.75. The molecule has 0 aromatic heterocycles. The Morgan fingerprint density at radius 3 is 2.28 bits per heavy atom. The molecular weight excluding hydrogens is 438 g/mol. The van der Waals surface area contributed by atoms with Crippen LogP contribution in [0.25, 0.3) is 0 Å². The standard InChI is InChI=1S/C23H20F2N2O4S/c1-14-6-9-16(10-7-14)32(29,30)27-13-21(31-20-11-8-15(2)12-19(20)27)23(28)26-22-17(24)4-3-5-18(22)25/h3-12,21H,13H2,1-2H3,(H,26,28)/t21-/m1/s1. The van der Waals surface area contributed by atoms with Crippen LogP contribution < -0.4 is 14.4 Å². The zero-order chi connectivity index (χ0) is 23.0. The predicted octanol–water partition coefficient (Wildman–Crippen LogP) is 4.18. The van der Waals surface area contributed by atoms with Crippen LogP contribution >= 0.6 is 0 Å². The molecule has 0 saturated carbocycles. The van der Waals surface area contributed by atoms with E-state index >= 15 is 0 Å². The third-order valence-electron chi connectivity index (χ3n) is 5.10. The number of anilines is 2. The summed E-state index contributed by atoms with van der Waals surface area (Å²) >= 11 is 0. The number of benzene rings is 3. The molecule has 1 N–H and O–H groups in total. The largest absolute Gasteiger partial charge is 0.476 e. The number of aryl methyl sites for hydroxylation is 2. The van der Waals surface area contributed by atoms with Crippen molar-refractivity contribution in [3.05, 3.63) is 83.4 Å². The molecule has 0 saturated heterocycles. The van der Waals surface area contributed by atoms with Gasteiger partial charge in [0.2, 0.25) is 0 Å². The van der Waals surface area contributed by atoms with Crippen LogP contribution in [0, 0.1) is 25.5 Å². The Balaban J connectivity index is 1.71. The molecule has 32 heavy (non-hydrogen) atoms. The third kappa shape index (κ3) is 4.03. The maximum Gasteiger partial charge on any atom is 0.267 e. The molecule has 4 rings (SSSR count). The number of ether oxygens (including phenoxy) is 1. The van der Waals surface area contributed by atoms with E-state index in [0.717, 1.165) is 27.6 Å². The molecule has 0 unspecified atom stereocenters. The minimum Gasteiger partial charge on any atom is -0.476 e. The highest BCUT2D eigenvalue weighted by Gasteiger charge is 2.38. The number of carbonyl (C=O) groups is 1. The summed E-state index contributed by atoms with van der Waals surface area (Å²) in [5.74, 6) is -2.60. The van der Waals surface area contributed by atoms with Gasteiger partial charge in [0.05, 0.1) is 17.1 Å². The molecule has 1 aliphatic heterocycles. The van der Waals surface area contributed by atoms with E-state index in [9.17, 15) is 22.0 Å². The van der Waals surface area contributed by atoms with Crippen molar-refractivity contribution >= 4 is 27.3 Å². The van der Waals surface area contributed by atoms with E-state index in [1.807, 2.05) is 6.92 Å². The molecule has 9 heteroatoms. The number of nitrogens with zero attached hydrogens (tertiary/aromatic N) is 1. The van der Waals surface area contributed by atoms with Crippen molar-refractivity contribution in [3.8, 4) is 5.75 Å². The van der Waals surface area contributed by atoms with Gasteiger partial charge in [0.1, 0.15) is 23.1 Å². The summed E-state index contributed by atoms with van der Waals surface area (Å²) in [6.45, 7) is 3.28. The van der Waals surface area contributed by atoms with Gasteiger partial charge in [-0.3, -0.25) is 9.10 Å². The van der Waals surface area contributed by atoms with Gasteiger partial charge in [-0.25, -0.2) is 17.2 Å². The first kappa shape index (κ1) is 21.8. The van der Waals surface area contributed by atoms with Gasteiger partial charge >= 0.3 is 0 Å². The van der Waals surface area contributed by atoms with E-state index in [-0.39, 0.29) is 22.9 Å². The molecular formula is C23H20F2N2O4S. The van der Waals surface area contributed by atoms with Crippen molar-refractivity contribution in [3.63, 3.8) is 0 Å². The van der Waals surface area contributed by atoms with Crippen LogP contribution in [0.4, 0.5) is 20.2 Å². The minimum absolute atomic E-state index is 0.0526. The van der Waals surface area contributed by atoms with Crippen molar-refractivity contribution in [2.24, 2.45) is 0 Å². The van der Waals surface area contributed by atoms with Crippen LogP contribution in [0.1, 0.15) is 11.1 Å². The average molecular weight is 458 g/mol. The van der Waals surface area contributed by atoms with Gasteiger partial charge in [-0.2, -0.15) is 0 Å². The Bertz CT molecular complexity index is 1270. The molecule has 3 aromatic rings. The second-order valence-electron chi connectivity index (χ2n) is 7.51. The van der Waals surface area contributed by atoms with E-state index in [0.29, 0.717) is 0 Å². The number of carbonyl (C=O) groups excluding carboxylic acids is 1. The molecule has 1 aliphatic rings. The first-order valence-corrected chi connectivity index (χ1v) is 11.2. The number of amides is 1. The Morgan fingerprint density at radius 1 is 1.00 bits per heavy atom. The summed E-state index contributed by atoms with van der Waals surface area (Å²) in [7, 11) is -4.04. The summed E-state index contributed by atoms with van der Waals surface area (Å²) in [6, 6.07) is 14.4. The van der Waals surface area contributed by atoms with Gasteiger partial charge in [0.25, 0.3) is 15.9 Å². The van der Waals surface area contributed by atoms with Crippen LogP contribution in [-0.2, 0) is 14.8 Å². The molecule has 0 radical (unpaired) electrons. The maximum atomic E-state index is 14.0. The molecule has 1 atom stereocenters. The van der Waals surface area contributed by atoms with Crippen molar-refractivity contribution in [1.29, 1.82) is 0 Å². The summed E-state index contributed by atoms with van der Waals surface area (Å²) in [4.78, 5) is 12.9. The van der Waals surface area contributed by atoms with E-state index < -0.39 is 39.4 Å². The van der Waals surface area contributed by atoms with E-state index in [1.165, 1.54) is 18.2 Å². The number of halogens is 2. The second kappa shape index (κ2) is 8.23. The topological polar surface area (TPSA) is 75.7 Å².